The summed E-state index contributed by atoms with van der Waals surface area (Å²) in [6.45, 7) is 5.83. The molecule has 0 aliphatic heterocycles. The number of benzene rings is 1. The lowest BCUT2D eigenvalue weighted by Crippen LogP contribution is -2.21. The number of nitrogens with zero attached hydrogens (tertiary/aromatic N) is 2. The smallest absolute Gasteiger partial charge is 0.271 e. The maximum absolute atomic E-state index is 12.1. The van der Waals surface area contributed by atoms with Gasteiger partial charge < -0.3 is 5.32 Å². The third-order valence-corrected chi connectivity index (χ3v) is 4.19. The lowest BCUT2D eigenvalue weighted by molar-refractivity contribution is -0.120. The molecule has 0 spiro atoms. The lowest BCUT2D eigenvalue weighted by Gasteiger charge is -2.13. The van der Waals surface area contributed by atoms with Crippen molar-refractivity contribution >= 4 is 23.2 Å². The van der Waals surface area contributed by atoms with Crippen LogP contribution in [-0.4, -0.2) is 22.5 Å². The molecular weight excluding hydrogens is 328 g/mol. The largest absolute Gasteiger partial charge is 0.326 e. The van der Waals surface area contributed by atoms with Gasteiger partial charge in [0.05, 0.1) is 5.71 Å². The molecule has 0 fully saturated rings. The number of rotatable bonds is 7. The van der Waals surface area contributed by atoms with Crippen molar-refractivity contribution in [2.75, 3.05) is 5.32 Å². The SMILES string of the molecule is CCC(CC)C(=O)Nc1ccc(C(C)=NNC(=O)c2ccncc2)cc1. The van der Waals surface area contributed by atoms with Crippen LogP contribution in [0.15, 0.2) is 53.9 Å². The standard InChI is InChI=1S/C20H24N4O2/c1-4-15(5-2)19(25)22-18-8-6-16(7-9-18)14(3)23-24-20(26)17-10-12-21-13-11-17/h6-13,15H,4-5H2,1-3H3,(H,22,25)(H,24,26). The normalized spacial score (nSPS) is 11.3. The third-order valence-electron chi connectivity index (χ3n) is 4.19. The Morgan fingerprint density at radius 1 is 1.00 bits per heavy atom. The topological polar surface area (TPSA) is 83.5 Å². The van der Waals surface area contributed by atoms with Gasteiger partial charge in [0.1, 0.15) is 0 Å². The summed E-state index contributed by atoms with van der Waals surface area (Å²) in [5.41, 5.74) is 5.30. The Balaban J connectivity index is 1.98. The number of hydrazone groups is 1. The molecule has 2 rings (SSSR count). The molecule has 2 amide bonds. The zero-order chi connectivity index (χ0) is 18.9. The van der Waals surface area contributed by atoms with Crippen LogP contribution in [-0.2, 0) is 4.79 Å². The summed E-state index contributed by atoms with van der Waals surface area (Å²) in [5, 5.41) is 7.05. The number of hydrogen-bond acceptors (Lipinski definition) is 4. The Labute approximate surface area is 153 Å². The number of aromatic nitrogens is 1. The van der Waals surface area contributed by atoms with Crippen LogP contribution in [0.3, 0.4) is 0 Å². The van der Waals surface area contributed by atoms with Crippen LogP contribution in [0.1, 0.15) is 49.5 Å². The van der Waals surface area contributed by atoms with E-state index in [-0.39, 0.29) is 17.7 Å². The summed E-state index contributed by atoms with van der Waals surface area (Å²) >= 11 is 0. The molecular formula is C20H24N4O2. The van der Waals surface area contributed by atoms with Crippen molar-refractivity contribution in [2.45, 2.75) is 33.6 Å². The molecule has 0 aliphatic carbocycles. The molecule has 0 bridgehead atoms. The Morgan fingerprint density at radius 2 is 1.62 bits per heavy atom. The molecule has 2 N–H and O–H groups in total. The Morgan fingerprint density at radius 3 is 2.19 bits per heavy atom. The molecule has 1 aromatic heterocycles. The van der Waals surface area contributed by atoms with Gasteiger partial charge in [-0.05, 0) is 49.6 Å². The monoisotopic (exact) mass is 352 g/mol. The second-order valence-corrected chi connectivity index (χ2v) is 5.95. The van der Waals surface area contributed by atoms with Gasteiger partial charge >= 0.3 is 0 Å². The summed E-state index contributed by atoms with van der Waals surface area (Å²) in [6, 6.07) is 10.6. The van der Waals surface area contributed by atoms with Crippen LogP contribution in [0.2, 0.25) is 0 Å². The number of anilines is 1. The molecule has 0 saturated heterocycles. The van der Waals surface area contributed by atoms with Crippen molar-refractivity contribution in [1.29, 1.82) is 0 Å². The van der Waals surface area contributed by atoms with Crippen molar-refractivity contribution in [3.05, 3.63) is 59.9 Å². The molecule has 2 aromatic rings. The minimum absolute atomic E-state index is 0.0291. The molecule has 0 unspecified atom stereocenters. The quantitative estimate of drug-likeness (QED) is 0.590. The Bertz CT molecular complexity index is 766. The highest BCUT2D eigenvalue weighted by atomic mass is 16.2. The van der Waals surface area contributed by atoms with E-state index in [1.54, 1.807) is 24.5 Å². The van der Waals surface area contributed by atoms with Crippen LogP contribution in [0.25, 0.3) is 0 Å². The van der Waals surface area contributed by atoms with E-state index < -0.39 is 0 Å². The molecule has 0 radical (unpaired) electrons. The maximum Gasteiger partial charge on any atom is 0.271 e. The van der Waals surface area contributed by atoms with Gasteiger partial charge in [-0.2, -0.15) is 5.10 Å². The zero-order valence-electron chi connectivity index (χ0n) is 15.3. The minimum atomic E-state index is -0.291. The number of carbonyl (C=O) groups excluding carboxylic acids is 2. The van der Waals surface area contributed by atoms with E-state index in [4.69, 9.17) is 0 Å². The molecule has 0 saturated carbocycles. The van der Waals surface area contributed by atoms with Gasteiger partial charge in [-0.1, -0.05) is 26.0 Å². The first-order valence-corrected chi connectivity index (χ1v) is 8.71. The fourth-order valence-corrected chi connectivity index (χ4v) is 2.47. The van der Waals surface area contributed by atoms with E-state index in [0.717, 1.165) is 24.1 Å². The molecule has 6 nitrogen and oxygen atoms in total. The van der Waals surface area contributed by atoms with Crippen molar-refractivity contribution < 1.29 is 9.59 Å². The maximum atomic E-state index is 12.1. The van der Waals surface area contributed by atoms with Crippen LogP contribution in [0, 0.1) is 5.92 Å². The van der Waals surface area contributed by atoms with Crippen LogP contribution < -0.4 is 10.7 Å². The summed E-state index contributed by atoms with van der Waals surface area (Å²) in [5.74, 6) is -0.222. The van der Waals surface area contributed by atoms with E-state index in [1.807, 2.05) is 45.0 Å². The predicted molar refractivity (Wildman–Crippen MR) is 103 cm³/mol. The summed E-state index contributed by atoms with van der Waals surface area (Å²) in [7, 11) is 0. The second-order valence-electron chi connectivity index (χ2n) is 5.95. The third kappa shape index (κ3) is 5.24. The number of pyridine rings is 1. The zero-order valence-corrected chi connectivity index (χ0v) is 15.3. The Kier molecular flexibility index (Phi) is 7.02. The van der Waals surface area contributed by atoms with Crippen LogP contribution in [0.5, 0.6) is 0 Å². The summed E-state index contributed by atoms with van der Waals surface area (Å²) < 4.78 is 0. The fourth-order valence-electron chi connectivity index (χ4n) is 2.47. The molecule has 136 valence electrons. The van der Waals surface area contributed by atoms with E-state index in [0.29, 0.717) is 11.3 Å². The molecule has 0 atom stereocenters. The van der Waals surface area contributed by atoms with Gasteiger partial charge in [-0.3, -0.25) is 14.6 Å². The van der Waals surface area contributed by atoms with Gasteiger partial charge in [-0.15, -0.1) is 0 Å². The molecule has 1 heterocycles. The first-order valence-electron chi connectivity index (χ1n) is 8.71. The Hall–Kier alpha value is -3.02. The van der Waals surface area contributed by atoms with Gasteiger partial charge in [-0.25, -0.2) is 5.43 Å². The van der Waals surface area contributed by atoms with Gasteiger partial charge in [0.2, 0.25) is 5.91 Å². The van der Waals surface area contributed by atoms with Gasteiger partial charge in [0, 0.05) is 29.6 Å². The molecule has 26 heavy (non-hydrogen) atoms. The average molecular weight is 352 g/mol. The van der Waals surface area contributed by atoms with Crippen molar-refractivity contribution in [3.8, 4) is 0 Å². The van der Waals surface area contributed by atoms with E-state index in [1.165, 1.54) is 0 Å². The highest BCUT2D eigenvalue weighted by Crippen LogP contribution is 2.14. The van der Waals surface area contributed by atoms with Gasteiger partial charge in [0.15, 0.2) is 0 Å². The first kappa shape index (κ1) is 19.3. The number of nitrogens with one attached hydrogen (secondary N) is 2. The van der Waals surface area contributed by atoms with E-state index in [9.17, 15) is 9.59 Å². The number of hydrogen-bond donors (Lipinski definition) is 2. The lowest BCUT2D eigenvalue weighted by atomic mass is 10.0. The predicted octanol–water partition coefficient (Wildman–Crippen LogP) is 3.61. The second kappa shape index (κ2) is 9.46. The van der Waals surface area contributed by atoms with Crippen molar-refractivity contribution in [2.24, 2.45) is 11.0 Å². The van der Waals surface area contributed by atoms with Gasteiger partial charge in [0.25, 0.3) is 5.91 Å². The average Bonchev–Trinajstić information content (AvgIpc) is 2.68. The molecule has 6 heteroatoms. The summed E-state index contributed by atoms with van der Waals surface area (Å²) in [4.78, 5) is 28.0. The van der Waals surface area contributed by atoms with Crippen LogP contribution >= 0.6 is 0 Å². The minimum Gasteiger partial charge on any atom is -0.326 e. The van der Waals surface area contributed by atoms with E-state index >= 15 is 0 Å². The molecule has 0 aliphatic rings. The number of amides is 2. The van der Waals surface area contributed by atoms with Crippen LogP contribution in [0.4, 0.5) is 5.69 Å². The highest BCUT2D eigenvalue weighted by molar-refractivity contribution is 6.01. The first-order chi connectivity index (χ1) is 12.5. The number of carbonyl (C=O) groups is 2. The van der Waals surface area contributed by atoms with E-state index in [2.05, 4.69) is 20.8 Å². The highest BCUT2D eigenvalue weighted by Gasteiger charge is 2.14. The molecule has 1 aromatic carbocycles. The van der Waals surface area contributed by atoms with Crippen molar-refractivity contribution in [3.63, 3.8) is 0 Å². The summed E-state index contributed by atoms with van der Waals surface area (Å²) in [6.07, 6.45) is 4.76. The van der Waals surface area contributed by atoms with Crippen molar-refractivity contribution in [1.82, 2.24) is 10.4 Å². The fraction of sp³-hybridized carbons (Fsp3) is 0.300.